The van der Waals surface area contributed by atoms with Crippen LogP contribution in [0.15, 0.2) is 40.9 Å². The number of nitrogens with zero attached hydrogens (tertiary/aromatic N) is 2. The van der Waals surface area contributed by atoms with E-state index in [1.54, 1.807) is 0 Å². The molecule has 0 amide bonds. The van der Waals surface area contributed by atoms with Crippen LogP contribution in [0.3, 0.4) is 0 Å². The van der Waals surface area contributed by atoms with Gasteiger partial charge in [0.25, 0.3) is 5.89 Å². The van der Waals surface area contributed by atoms with Crippen LogP contribution in [0.25, 0.3) is 22.8 Å². The Morgan fingerprint density at radius 3 is 2.82 bits per heavy atom. The topological polar surface area (TPSA) is 127 Å². The lowest BCUT2D eigenvalue weighted by atomic mass is 10.0. The summed E-state index contributed by atoms with van der Waals surface area (Å²) in [5.41, 5.74) is 4.29. The van der Waals surface area contributed by atoms with E-state index in [4.69, 9.17) is 14.4 Å². The Morgan fingerprint density at radius 2 is 2.09 bits per heavy atom. The Kier molecular flexibility index (Phi) is 6.68. The second-order valence-corrected chi connectivity index (χ2v) is 10.0. The summed E-state index contributed by atoms with van der Waals surface area (Å²) in [7, 11) is -1.73. The minimum Gasteiger partial charge on any atom is -0.489 e. The molecule has 10 heteroatoms. The van der Waals surface area contributed by atoms with Crippen molar-refractivity contribution in [3.63, 3.8) is 0 Å². The molecular weight excluding hydrogens is 444 g/mol. The molecule has 9 nitrogen and oxygen atoms in total. The zero-order valence-electron chi connectivity index (χ0n) is 18.8. The molecule has 1 atom stereocenters. The molecule has 0 saturated carbocycles. The minimum atomic E-state index is -3.55. The number of aliphatic hydroxyl groups excluding tert-OH is 1. The SMILES string of the molecule is CNc1cc(-c2nc(-c3cccc4c3CCC4NS(=O)(=O)CCO)no2)ccc1OC(C)C. The van der Waals surface area contributed by atoms with Crippen molar-refractivity contribution < 1.29 is 22.8 Å². The first kappa shape index (κ1) is 23.2. The van der Waals surface area contributed by atoms with Crippen molar-refractivity contribution in [1.82, 2.24) is 14.9 Å². The van der Waals surface area contributed by atoms with Crippen molar-refractivity contribution in [2.45, 2.75) is 38.8 Å². The minimum absolute atomic E-state index is 0.0510. The Morgan fingerprint density at radius 1 is 1.27 bits per heavy atom. The van der Waals surface area contributed by atoms with Crippen LogP contribution in [0, 0.1) is 0 Å². The molecule has 176 valence electrons. The van der Waals surface area contributed by atoms with Crippen molar-refractivity contribution in [3.05, 3.63) is 47.5 Å². The van der Waals surface area contributed by atoms with Crippen molar-refractivity contribution in [2.75, 3.05) is 24.7 Å². The summed E-state index contributed by atoms with van der Waals surface area (Å²) in [4.78, 5) is 4.61. The molecule has 3 aromatic rings. The Bertz CT molecular complexity index is 1240. The highest BCUT2D eigenvalue weighted by Crippen LogP contribution is 2.38. The average Bonchev–Trinajstić information content (AvgIpc) is 3.41. The number of hydrogen-bond acceptors (Lipinski definition) is 8. The number of anilines is 1. The van der Waals surface area contributed by atoms with E-state index in [-0.39, 0.29) is 17.9 Å². The number of fused-ring (bicyclic) bond motifs is 1. The lowest BCUT2D eigenvalue weighted by molar-refractivity contribution is 0.243. The first-order valence-corrected chi connectivity index (χ1v) is 12.5. The van der Waals surface area contributed by atoms with E-state index in [0.29, 0.717) is 24.6 Å². The van der Waals surface area contributed by atoms with Crippen LogP contribution in [0.1, 0.15) is 37.4 Å². The van der Waals surface area contributed by atoms with Crippen LogP contribution in [0.4, 0.5) is 5.69 Å². The lowest BCUT2D eigenvalue weighted by Gasteiger charge is -2.14. The summed E-state index contributed by atoms with van der Waals surface area (Å²) in [6.07, 6.45) is 1.37. The van der Waals surface area contributed by atoms with Gasteiger partial charge in [0.2, 0.25) is 15.8 Å². The second kappa shape index (κ2) is 9.50. The molecule has 0 spiro atoms. The van der Waals surface area contributed by atoms with Gasteiger partial charge in [0.15, 0.2) is 0 Å². The fourth-order valence-corrected chi connectivity index (χ4v) is 5.08. The van der Waals surface area contributed by atoms with E-state index in [1.165, 1.54) is 0 Å². The van der Waals surface area contributed by atoms with Crippen molar-refractivity contribution in [3.8, 4) is 28.6 Å². The Labute approximate surface area is 193 Å². The monoisotopic (exact) mass is 472 g/mol. The third-order valence-electron chi connectivity index (χ3n) is 5.48. The van der Waals surface area contributed by atoms with Crippen molar-refractivity contribution in [2.24, 2.45) is 0 Å². The van der Waals surface area contributed by atoms with Crippen LogP contribution >= 0.6 is 0 Å². The van der Waals surface area contributed by atoms with Gasteiger partial charge < -0.3 is 19.7 Å². The average molecular weight is 473 g/mol. The predicted octanol–water partition coefficient (Wildman–Crippen LogP) is 3.13. The molecule has 1 aromatic heterocycles. The number of ether oxygens (including phenoxy) is 1. The number of sulfonamides is 1. The highest BCUT2D eigenvalue weighted by molar-refractivity contribution is 7.89. The maximum Gasteiger partial charge on any atom is 0.258 e. The highest BCUT2D eigenvalue weighted by atomic mass is 32.2. The van der Waals surface area contributed by atoms with E-state index in [9.17, 15) is 8.42 Å². The molecule has 0 radical (unpaired) electrons. The summed E-state index contributed by atoms with van der Waals surface area (Å²) in [6, 6.07) is 11.0. The van der Waals surface area contributed by atoms with Crippen molar-refractivity contribution >= 4 is 15.7 Å². The largest absolute Gasteiger partial charge is 0.489 e. The first-order valence-electron chi connectivity index (χ1n) is 10.9. The third-order valence-corrected chi connectivity index (χ3v) is 6.84. The van der Waals surface area contributed by atoms with Crippen LogP contribution < -0.4 is 14.8 Å². The molecule has 2 aromatic carbocycles. The molecule has 0 bridgehead atoms. The van der Waals surface area contributed by atoms with Gasteiger partial charge in [0.1, 0.15) is 5.75 Å². The molecule has 1 aliphatic rings. The van der Waals surface area contributed by atoms with E-state index >= 15 is 0 Å². The standard InChI is InChI=1S/C23H28N4O5S/c1-14(2)31-21-10-7-15(13-20(21)24-3)23-25-22(26-32-23)18-6-4-5-17-16(18)8-9-19(17)27-33(29,30)12-11-28/h4-7,10,13-14,19,24,27-28H,8-9,11-12H2,1-3H3. The summed E-state index contributed by atoms with van der Waals surface area (Å²) in [6.45, 7) is 3.52. The number of hydrogen-bond donors (Lipinski definition) is 3. The van der Waals surface area contributed by atoms with Gasteiger partial charge >= 0.3 is 0 Å². The van der Waals surface area contributed by atoms with Gasteiger partial charge in [0.05, 0.1) is 24.2 Å². The summed E-state index contributed by atoms with van der Waals surface area (Å²) >= 11 is 0. The summed E-state index contributed by atoms with van der Waals surface area (Å²) in [5.74, 6) is 1.26. The fourth-order valence-electron chi connectivity index (χ4n) is 4.05. The van der Waals surface area contributed by atoms with E-state index < -0.39 is 16.6 Å². The van der Waals surface area contributed by atoms with Gasteiger partial charge in [-0.25, -0.2) is 13.1 Å². The number of aromatic nitrogens is 2. The highest BCUT2D eigenvalue weighted by Gasteiger charge is 2.29. The molecular formula is C23H28N4O5S. The zero-order valence-corrected chi connectivity index (χ0v) is 19.6. The number of aliphatic hydroxyl groups is 1. The van der Waals surface area contributed by atoms with Crippen molar-refractivity contribution in [1.29, 1.82) is 0 Å². The molecule has 0 aliphatic heterocycles. The molecule has 4 rings (SSSR count). The maximum atomic E-state index is 12.1. The maximum absolute atomic E-state index is 12.1. The first-order chi connectivity index (χ1) is 15.8. The van der Waals surface area contributed by atoms with Gasteiger partial charge in [0, 0.05) is 24.2 Å². The van der Waals surface area contributed by atoms with Gasteiger partial charge in [-0.3, -0.25) is 0 Å². The number of rotatable bonds is 9. The van der Waals surface area contributed by atoms with Crippen LogP contribution in [-0.2, 0) is 16.4 Å². The summed E-state index contributed by atoms with van der Waals surface area (Å²) < 4.78 is 38.3. The van der Waals surface area contributed by atoms with Gasteiger partial charge in [-0.05, 0) is 56.0 Å². The predicted molar refractivity (Wildman–Crippen MR) is 126 cm³/mol. The molecule has 3 N–H and O–H groups in total. The van der Waals surface area contributed by atoms with Crippen LogP contribution in [0.2, 0.25) is 0 Å². The lowest BCUT2D eigenvalue weighted by Crippen LogP contribution is -2.30. The molecule has 0 saturated heterocycles. The third kappa shape index (κ3) is 5.02. The second-order valence-electron chi connectivity index (χ2n) is 8.18. The molecule has 1 aliphatic carbocycles. The molecule has 0 fully saturated rings. The normalized spacial score (nSPS) is 15.6. The van der Waals surface area contributed by atoms with E-state index in [0.717, 1.165) is 33.7 Å². The summed E-state index contributed by atoms with van der Waals surface area (Å²) in [5, 5.41) is 16.3. The smallest absolute Gasteiger partial charge is 0.258 e. The molecule has 1 unspecified atom stereocenters. The number of nitrogens with one attached hydrogen (secondary N) is 2. The van der Waals surface area contributed by atoms with Crippen LogP contribution in [0.5, 0.6) is 5.75 Å². The quantitative estimate of drug-likeness (QED) is 0.434. The fraction of sp³-hybridized carbons (Fsp3) is 0.391. The van der Waals surface area contributed by atoms with E-state index in [2.05, 4.69) is 20.2 Å². The van der Waals surface area contributed by atoms with Gasteiger partial charge in [-0.1, -0.05) is 23.4 Å². The van der Waals surface area contributed by atoms with E-state index in [1.807, 2.05) is 57.3 Å². The zero-order chi connectivity index (χ0) is 23.6. The van der Waals surface area contributed by atoms with Gasteiger partial charge in [-0.2, -0.15) is 4.98 Å². The number of benzene rings is 2. The molecule has 1 heterocycles. The Hall–Kier alpha value is -2.95. The Balaban J connectivity index is 1.62. The van der Waals surface area contributed by atoms with Crippen LogP contribution in [-0.4, -0.2) is 49.2 Å². The molecule has 33 heavy (non-hydrogen) atoms. The van der Waals surface area contributed by atoms with Gasteiger partial charge in [-0.15, -0.1) is 0 Å².